The first-order valence-electron chi connectivity index (χ1n) is 33.6. The first-order valence-corrected chi connectivity index (χ1v) is 34.1. The predicted octanol–water partition coefficient (Wildman–Crippen LogP) is 5.55. The van der Waals surface area contributed by atoms with Gasteiger partial charge in [-0.1, -0.05) is 80.1 Å². The molecule has 0 radical (unpaired) electrons. The van der Waals surface area contributed by atoms with Crippen molar-refractivity contribution in [2.24, 2.45) is 35.5 Å². The first-order chi connectivity index (χ1) is 43.1. The minimum absolute atomic E-state index is 0.0210. The molecule has 4 aliphatic rings. The standard InChI is InChI=1S/C66H111ClF3N11O11/c1-16-40(6)59-66(92)77(11)36-57(84)75(9)37-58(85)79(13)53(32-44-22-25-46(67)26-23-44)64(90)76(10)35-55(82)72-50(27-24-45-33-48(69)49(70)34-47(45)68)61(87)73-51(28-38(2)3)63(89)81(15)54(31-43-20-18-17-19-21-43)65(91)80(14)52(29-39(4)5)62(88)71-41(7)30-56(83)78(12)42(8)60(86)74-59/h38-54,59H,16-37H2,1-15H3,(H,71,88)(H,72,82)(H,73,87)(H,74,86)/t40-,41+,42-,44?,45?,46?,47?,48?,49?,50-,51-,52-,53-,54-,59-/m0/s1. The monoisotopic (exact) mass is 1330 g/mol. The van der Waals surface area contributed by atoms with Crippen LogP contribution in [0.4, 0.5) is 13.2 Å². The number of alkyl halides is 4. The van der Waals surface area contributed by atoms with E-state index in [1.54, 1.807) is 13.8 Å². The van der Waals surface area contributed by atoms with E-state index in [2.05, 4.69) is 21.3 Å². The van der Waals surface area contributed by atoms with Crippen LogP contribution in [0.2, 0.25) is 0 Å². The van der Waals surface area contributed by atoms with E-state index < -0.39 is 176 Å². The van der Waals surface area contributed by atoms with Gasteiger partial charge in [0.15, 0.2) is 0 Å². The van der Waals surface area contributed by atoms with Crippen LogP contribution < -0.4 is 21.3 Å². The molecule has 0 aromatic heterocycles. The highest BCUT2D eigenvalue weighted by Gasteiger charge is 2.43. The highest BCUT2D eigenvalue weighted by atomic mass is 35.5. The maximum absolute atomic E-state index is 15.5. The normalized spacial score (nSPS) is 31.6. The average Bonchev–Trinajstić information content (AvgIpc) is 1.04. The minimum atomic E-state index is -2.01. The summed E-state index contributed by atoms with van der Waals surface area (Å²) in [6.45, 7) is 12.4. The molecule has 4 fully saturated rings. The van der Waals surface area contributed by atoms with Crippen molar-refractivity contribution >= 4 is 76.6 Å². The van der Waals surface area contributed by atoms with E-state index in [1.165, 1.54) is 75.9 Å². The molecule has 1 saturated heterocycles. The Morgan fingerprint density at radius 1 is 0.489 bits per heavy atom. The topological polar surface area (TPSA) is 259 Å². The molecule has 13 atom stereocenters. The lowest BCUT2D eigenvalue weighted by Gasteiger charge is -2.38. The Morgan fingerprint density at radius 2 is 1.03 bits per heavy atom. The second kappa shape index (κ2) is 36.8. The maximum Gasteiger partial charge on any atom is 0.245 e. The highest BCUT2D eigenvalue weighted by molar-refractivity contribution is 6.20. The van der Waals surface area contributed by atoms with Crippen LogP contribution in [-0.2, 0) is 52.7 Å². The fourth-order valence-corrected chi connectivity index (χ4v) is 13.4. The van der Waals surface area contributed by atoms with Gasteiger partial charge in [0.2, 0.25) is 65.0 Å². The molecule has 0 aromatic rings. The Balaban J connectivity index is 1.83. The third-order valence-corrected chi connectivity index (χ3v) is 20.1. The van der Waals surface area contributed by atoms with E-state index in [0.29, 0.717) is 32.1 Å². The summed E-state index contributed by atoms with van der Waals surface area (Å²) in [5.74, 6) is -9.08. The van der Waals surface area contributed by atoms with E-state index in [4.69, 9.17) is 11.6 Å². The van der Waals surface area contributed by atoms with Crippen molar-refractivity contribution in [2.75, 3.05) is 69.0 Å². The van der Waals surface area contributed by atoms with E-state index >= 15 is 14.0 Å². The second-order valence-corrected chi connectivity index (χ2v) is 28.8. The molecule has 22 nitrogen and oxygen atoms in total. The number of carbonyl (C=O) groups is 11. The number of hydrogen-bond acceptors (Lipinski definition) is 11. The summed E-state index contributed by atoms with van der Waals surface area (Å²) in [5, 5.41) is 11.1. The molecule has 0 aromatic carbocycles. The molecule has 4 unspecified atom stereocenters. The summed E-state index contributed by atoms with van der Waals surface area (Å²) < 4.78 is 44.7. The van der Waals surface area contributed by atoms with Gasteiger partial charge in [0.05, 0.1) is 19.6 Å². The Labute approximate surface area is 550 Å². The van der Waals surface area contributed by atoms with Crippen molar-refractivity contribution in [2.45, 2.75) is 250 Å². The third kappa shape index (κ3) is 23.0. The molecule has 4 rings (SSSR count). The molecule has 3 saturated carbocycles. The summed E-state index contributed by atoms with van der Waals surface area (Å²) in [7, 11) is 9.91. The van der Waals surface area contributed by atoms with E-state index in [9.17, 15) is 51.9 Å². The van der Waals surface area contributed by atoms with E-state index in [0.717, 1.165) is 46.8 Å². The molecule has 3 aliphatic carbocycles. The van der Waals surface area contributed by atoms with Crippen LogP contribution in [0.3, 0.4) is 0 Å². The fraction of sp³-hybridized carbons (Fsp3) is 0.833. The number of hydrogen-bond donors (Lipinski definition) is 4. The van der Waals surface area contributed by atoms with Gasteiger partial charge in [0, 0.05) is 73.6 Å². The molecule has 4 N–H and O–H groups in total. The van der Waals surface area contributed by atoms with Crippen LogP contribution in [-0.4, -0.2) is 240 Å². The van der Waals surface area contributed by atoms with Gasteiger partial charge < -0.3 is 55.6 Å². The number of carbonyl (C=O) groups excluding carboxylic acids is 11. The summed E-state index contributed by atoms with van der Waals surface area (Å²) in [5.41, 5.74) is 0. The molecule has 0 spiro atoms. The first kappa shape index (κ1) is 78.7. The summed E-state index contributed by atoms with van der Waals surface area (Å²) >= 11 is 6.48. The number of halogens is 4. The van der Waals surface area contributed by atoms with E-state index in [1.807, 2.05) is 34.6 Å². The van der Waals surface area contributed by atoms with Crippen molar-refractivity contribution in [1.29, 1.82) is 0 Å². The molecule has 11 amide bonds. The number of likely N-dealkylation sites (N-methyl/N-ethyl adjacent to an activating group) is 7. The van der Waals surface area contributed by atoms with Gasteiger partial charge in [-0.3, -0.25) is 52.7 Å². The molecular formula is C66H111ClF3N11O11. The van der Waals surface area contributed by atoms with Gasteiger partial charge in [-0.05, 0) is 120 Å². The second-order valence-electron chi connectivity index (χ2n) is 28.1. The molecule has 26 heteroatoms. The van der Waals surface area contributed by atoms with Gasteiger partial charge in [-0.2, -0.15) is 0 Å². The molecule has 524 valence electrons. The van der Waals surface area contributed by atoms with Crippen molar-refractivity contribution in [3.63, 3.8) is 0 Å². The molecule has 1 heterocycles. The van der Waals surface area contributed by atoms with Gasteiger partial charge in [-0.15, -0.1) is 11.6 Å². The third-order valence-electron chi connectivity index (χ3n) is 19.7. The van der Waals surface area contributed by atoms with Crippen LogP contribution in [0.15, 0.2) is 0 Å². The maximum atomic E-state index is 15.5. The Bertz CT molecular complexity index is 2520. The minimum Gasteiger partial charge on any atom is -0.351 e. The molecule has 1 aliphatic heterocycles. The highest BCUT2D eigenvalue weighted by Crippen LogP contribution is 2.36. The molecule has 0 bridgehead atoms. The smallest absolute Gasteiger partial charge is 0.245 e. The van der Waals surface area contributed by atoms with Gasteiger partial charge in [0.25, 0.3) is 0 Å². The number of amides is 11. The van der Waals surface area contributed by atoms with Crippen LogP contribution in [0.1, 0.15) is 177 Å². The SMILES string of the molecule is CC[C@H](C)[C@@H]1NC(=O)[C@H](C)N(C)C(=O)C[C@@H](C)NC(=O)[C@H](CC(C)C)N(C)C(=O)[C@H](CC2CCCCC2)N(C)C(=O)[C@H](CC(C)C)NC(=O)[C@H](CCC2CC(F)C(F)CC2F)NC(=O)CN(C)C(=O)[C@H](CC2CCC(Cl)CC2)N(C)C(=O)CN(C)C(=O)CN(C)C1=O. The Morgan fingerprint density at radius 3 is 1.62 bits per heavy atom. The number of nitrogens with one attached hydrogen (secondary N) is 4. The van der Waals surface area contributed by atoms with Crippen molar-refractivity contribution in [3.05, 3.63) is 0 Å². The zero-order valence-corrected chi connectivity index (χ0v) is 58.3. The summed E-state index contributed by atoms with van der Waals surface area (Å²) in [6, 6.07) is -9.26. The predicted molar refractivity (Wildman–Crippen MR) is 345 cm³/mol. The van der Waals surface area contributed by atoms with Crippen molar-refractivity contribution in [3.8, 4) is 0 Å². The van der Waals surface area contributed by atoms with E-state index in [-0.39, 0.29) is 74.0 Å². The fourth-order valence-electron chi connectivity index (χ4n) is 13.1. The van der Waals surface area contributed by atoms with Gasteiger partial charge in [-0.25, -0.2) is 13.2 Å². The van der Waals surface area contributed by atoms with Crippen LogP contribution in [0, 0.1) is 35.5 Å². The summed E-state index contributed by atoms with van der Waals surface area (Å²) in [4.78, 5) is 168. The Hall–Kier alpha value is -5.75. The number of rotatable bonds is 13. The zero-order chi connectivity index (χ0) is 69.2. The number of nitrogens with zero attached hydrogens (tertiary/aromatic N) is 7. The lowest BCUT2D eigenvalue weighted by molar-refractivity contribution is -0.150. The van der Waals surface area contributed by atoms with Gasteiger partial charge in [0.1, 0.15) is 60.8 Å². The van der Waals surface area contributed by atoms with Crippen LogP contribution >= 0.6 is 11.6 Å². The Kier molecular flexibility index (Phi) is 31.5. The lowest BCUT2D eigenvalue weighted by Crippen LogP contribution is -2.60. The average molecular weight is 1330 g/mol. The van der Waals surface area contributed by atoms with Crippen molar-refractivity contribution in [1.82, 2.24) is 55.6 Å². The lowest BCUT2D eigenvalue weighted by atomic mass is 9.81. The van der Waals surface area contributed by atoms with Gasteiger partial charge >= 0.3 is 0 Å². The van der Waals surface area contributed by atoms with Crippen LogP contribution in [0.5, 0.6) is 0 Å². The summed E-state index contributed by atoms with van der Waals surface area (Å²) in [6.07, 6.45) is 0.466. The quantitative estimate of drug-likeness (QED) is 0.166. The molecular weight excluding hydrogens is 1220 g/mol. The largest absolute Gasteiger partial charge is 0.351 e. The van der Waals surface area contributed by atoms with Crippen molar-refractivity contribution < 1.29 is 65.9 Å². The van der Waals surface area contributed by atoms with Crippen LogP contribution in [0.25, 0.3) is 0 Å². The molecule has 92 heavy (non-hydrogen) atoms. The zero-order valence-electron chi connectivity index (χ0n) is 57.6.